The van der Waals surface area contributed by atoms with Gasteiger partial charge in [-0.1, -0.05) is 42.5 Å². The fourth-order valence-corrected chi connectivity index (χ4v) is 4.51. The highest BCUT2D eigenvalue weighted by molar-refractivity contribution is 5.66. The molecule has 6 heteroatoms. The number of aliphatic hydroxyl groups is 1. The third-order valence-corrected chi connectivity index (χ3v) is 6.22. The quantitative estimate of drug-likeness (QED) is 0.378. The van der Waals surface area contributed by atoms with Crippen molar-refractivity contribution in [3.63, 3.8) is 0 Å². The van der Waals surface area contributed by atoms with E-state index in [4.69, 9.17) is 19.3 Å². The molecule has 6 nitrogen and oxygen atoms in total. The number of hydrogen-bond donors (Lipinski definition) is 2. The van der Waals surface area contributed by atoms with E-state index in [0.29, 0.717) is 26.1 Å². The first-order chi connectivity index (χ1) is 15.1. The van der Waals surface area contributed by atoms with Crippen LogP contribution in [0.4, 0.5) is 0 Å². The van der Waals surface area contributed by atoms with Gasteiger partial charge in [0.25, 0.3) is 0 Å². The topological polar surface area (TPSA) is 85.2 Å². The summed E-state index contributed by atoms with van der Waals surface area (Å²) in [4.78, 5) is 10.6. The maximum atomic E-state index is 10.8. The van der Waals surface area contributed by atoms with Gasteiger partial charge in [-0.15, -0.1) is 0 Å². The van der Waals surface area contributed by atoms with Gasteiger partial charge in [0.05, 0.1) is 25.4 Å². The molecule has 0 bridgehead atoms. The zero-order valence-corrected chi connectivity index (χ0v) is 18.2. The van der Waals surface area contributed by atoms with E-state index in [-0.39, 0.29) is 30.7 Å². The second-order valence-corrected chi connectivity index (χ2v) is 8.60. The fraction of sp³-hybridized carbons (Fsp3) is 0.640. The summed E-state index contributed by atoms with van der Waals surface area (Å²) in [7, 11) is 0. The average Bonchev–Trinajstić information content (AvgIpc) is 3.06. The van der Waals surface area contributed by atoms with Gasteiger partial charge in [-0.2, -0.15) is 0 Å². The zero-order valence-electron chi connectivity index (χ0n) is 18.2. The third-order valence-electron chi connectivity index (χ3n) is 6.22. The number of carboxylic acids is 1. The van der Waals surface area contributed by atoms with E-state index in [1.807, 2.05) is 36.4 Å². The van der Waals surface area contributed by atoms with E-state index in [9.17, 15) is 9.90 Å². The van der Waals surface area contributed by atoms with Crippen LogP contribution >= 0.6 is 0 Å². The summed E-state index contributed by atoms with van der Waals surface area (Å²) >= 11 is 0. The molecule has 1 aromatic carbocycles. The van der Waals surface area contributed by atoms with Gasteiger partial charge in [-0.3, -0.25) is 4.79 Å². The number of aliphatic carboxylic acids is 1. The minimum absolute atomic E-state index is 0.0556. The molecule has 2 fully saturated rings. The van der Waals surface area contributed by atoms with Crippen molar-refractivity contribution in [1.82, 2.24) is 0 Å². The van der Waals surface area contributed by atoms with Crippen LogP contribution in [0.1, 0.15) is 56.9 Å². The molecular formula is C25H36O6. The third kappa shape index (κ3) is 8.04. The first-order valence-corrected chi connectivity index (χ1v) is 11.6. The molecule has 0 radical (unpaired) electrons. The highest BCUT2D eigenvalue weighted by atomic mass is 16.7. The first-order valence-electron chi connectivity index (χ1n) is 11.6. The van der Waals surface area contributed by atoms with E-state index < -0.39 is 12.1 Å². The minimum atomic E-state index is -0.764. The number of carbonyl (C=O) groups is 1. The number of aliphatic hydroxyl groups excluding tert-OH is 1. The van der Waals surface area contributed by atoms with Crippen LogP contribution in [0.3, 0.4) is 0 Å². The lowest BCUT2D eigenvalue weighted by molar-refractivity contribution is -0.199. The van der Waals surface area contributed by atoms with Crippen molar-refractivity contribution in [1.29, 1.82) is 0 Å². The van der Waals surface area contributed by atoms with Crippen molar-refractivity contribution in [3.8, 4) is 0 Å². The number of benzene rings is 1. The molecule has 0 amide bonds. The van der Waals surface area contributed by atoms with E-state index >= 15 is 0 Å². The van der Waals surface area contributed by atoms with Crippen LogP contribution in [0.5, 0.6) is 0 Å². The van der Waals surface area contributed by atoms with Crippen molar-refractivity contribution in [2.24, 2.45) is 11.8 Å². The maximum absolute atomic E-state index is 10.8. The molecule has 1 aromatic rings. The van der Waals surface area contributed by atoms with Crippen molar-refractivity contribution in [3.05, 3.63) is 48.0 Å². The lowest BCUT2D eigenvalue weighted by atomic mass is 9.91. The van der Waals surface area contributed by atoms with Gasteiger partial charge >= 0.3 is 5.97 Å². The molecule has 2 N–H and O–H groups in total. The number of unbranched alkanes of at least 4 members (excludes halogenated alkanes) is 1. The predicted octanol–water partition coefficient (Wildman–Crippen LogP) is 4.31. The van der Waals surface area contributed by atoms with Crippen molar-refractivity contribution in [2.75, 3.05) is 13.2 Å². The Hall–Kier alpha value is -1.73. The Morgan fingerprint density at radius 3 is 2.74 bits per heavy atom. The standard InChI is InChI=1S/C25H36O6/c26-22-16-23(31-25-14-8-9-15-30-25)21(18-29-17-19-10-4-3-5-11-19)20(22)12-6-1-2-7-13-24(27)28/h1,3-6,10-11,20-23,25-26H,2,7-9,12-18H2,(H,27,28)/b6-1-. The highest BCUT2D eigenvalue weighted by Crippen LogP contribution is 2.39. The summed E-state index contributed by atoms with van der Waals surface area (Å²) in [5.74, 6) is -0.617. The van der Waals surface area contributed by atoms with Gasteiger partial charge in [-0.05, 0) is 50.0 Å². The highest BCUT2D eigenvalue weighted by Gasteiger charge is 2.43. The lowest BCUT2D eigenvalue weighted by Crippen LogP contribution is -2.33. The molecule has 0 spiro atoms. The van der Waals surface area contributed by atoms with Gasteiger partial charge in [0, 0.05) is 25.4 Å². The number of allylic oxidation sites excluding steroid dienone is 2. The van der Waals surface area contributed by atoms with Crippen LogP contribution in [0.15, 0.2) is 42.5 Å². The van der Waals surface area contributed by atoms with Gasteiger partial charge < -0.3 is 24.4 Å². The molecule has 1 aliphatic carbocycles. The minimum Gasteiger partial charge on any atom is -0.481 e. The Labute approximate surface area is 185 Å². The molecule has 3 rings (SSSR count). The molecule has 31 heavy (non-hydrogen) atoms. The Bertz CT molecular complexity index is 670. The molecule has 1 saturated carbocycles. The van der Waals surface area contributed by atoms with Crippen molar-refractivity contribution in [2.45, 2.75) is 76.5 Å². The fourth-order valence-electron chi connectivity index (χ4n) is 4.51. The van der Waals surface area contributed by atoms with Crippen LogP contribution in [0, 0.1) is 11.8 Å². The van der Waals surface area contributed by atoms with Gasteiger partial charge in [-0.25, -0.2) is 0 Å². The van der Waals surface area contributed by atoms with Crippen LogP contribution < -0.4 is 0 Å². The monoisotopic (exact) mass is 432 g/mol. The smallest absolute Gasteiger partial charge is 0.303 e. The largest absolute Gasteiger partial charge is 0.481 e. The van der Waals surface area contributed by atoms with E-state index in [1.54, 1.807) is 0 Å². The number of ether oxygens (including phenoxy) is 3. The van der Waals surface area contributed by atoms with Gasteiger partial charge in [0.2, 0.25) is 0 Å². The summed E-state index contributed by atoms with van der Waals surface area (Å²) in [6.07, 6.45) is 9.35. The van der Waals surface area contributed by atoms with Crippen LogP contribution in [-0.2, 0) is 25.6 Å². The number of hydrogen-bond acceptors (Lipinski definition) is 5. The second-order valence-electron chi connectivity index (χ2n) is 8.60. The molecule has 172 valence electrons. The Morgan fingerprint density at radius 2 is 2.00 bits per heavy atom. The summed E-state index contributed by atoms with van der Waals surface area (Å²) in [5, 5.41) is 19.5. The molecule has 0 aromatic heterocycles. The average molecular weight is 433 g/mol. The van der Waals surface area contributed by atoms with Crippen molar-refractivity contribution >= 4 is 5.97 Å². The first kappa shape index (κ1) is 23.9. The van der Waals surface area contributed by atoms with E-state index in [0.717, 1.165) is 44.3 Å². The molecule has 2 aliphatic rings. The lowest BCUT2D eigenvalue weighted by Gasteiger charge is -2.30. The summed E-state index contributed by atoms with van der Waals surface area (Å²) in [6.45, 7) is 1.80. The molecule has 5 unspecified atom stereocenters. The van der Waals surface area contributed by atoms with Crippen LogP contribution in [0.2, 0.25) is 0 Å². The van der Waals surface area contributed by atoms with E-state index in [1.165, 1.54) is 0 Å². The normalized spacial score (nSPS) is 28.9. The van der Waals surface area contributed by atoms with Crippen LogP contribution in [-0.4, -0.2) is 47.9 Å². The molecule has 1 saturated heterocycles. The zero-order chi connectivity index (χ0) is 21.9. The van der Waals surface area contributed by atoms with Gasteiger partial charge in [0.15, 0.2) is 6.29 Å². The SMILES string of the molecule is O=C(O)CCC/C=C\CC1C(O)CC(OC2CCCCO2)C1COCc1ccccc1. The summed E-state index contributed by atoms with van der Waals surface area (Å²) < 4.78 is 18.1. The maximum Gasteiger partial charge on any atom is 0.303 e. The van der Waals surface area contributed by atoms with Gasteiger partial charge in [0.1, 0.15) is 0 Å². The molecule has 1 heterocycles. The molecule has 5 atom stereocenters. The summed E-state index contributed by atoms with van der Waals surface area (Å²) in [5.41, 5.74) is 1.13. The predicted molar refractivity (Wildman–Crippen MR) is 117 cm³/mol. The Balaban J connectivity index is 1.55. The summed E-state index contributed by atoms with van der Waals surface area (Å²) in [6, 6.07) is 10.1. The second kappa shape index (κ2) is 13.0. The number of rotatable bonds is 12. The number of carboxylic acid groups (broad SMARTS) is 1. The Morgan fingerprint density at radius 1 is 1.16 bits per heavy atom. The molecular weight excluding hydrogens is 396 g/mol. The Kier molecular flexibility index (Phi) is 10.0. The van der Waals surface area contributed by atoms with E-state index in [2.05, 4.69) is 6.08 Å². The molecule has 1 aliphatic heterocycles. The van der Waals surface area contributed by atoms with Crippen molar-refractivity contribution < 1.29 is 29.2 Å². The van der Waals surface area contributed by atoms with Crippen LogP contribution in [0.25, 0.3) is 0 Å².